The highest BCUT2D eigenvalue weighted by Crippen LogP contribution is 2.36. The molecule has 2 aliphatic heterocycles. The number of likely N-dealkylation sites (tertiary alicyclic amines) is 2. The summed E-state index contributed by atoms with van der Waals surface area (Å²) in [6.45, 7) is 16.5. The molecule has 3 heteroatoms. The van der Waals surface area contributed by atoms with E-state index in [0.717, 1.165) is 12.5 Å². The molecule has 0 spiro atoms. The van der Waals surface area contributed by atoms with E-state index in [2.05, 4.69) is 37.5 Å². The Labute approximate surface area is 125 Å². The molecule has 0 radical (unpaired) electrons. The predicted molar refractivity (Wildman–Crippen MR) is 86.9 cm³/mol. The second-order valence-electron chi connectivity index (χ2n) is 8.27. The highest BCUT2D eigenvalue weighted by atomic mass is 15.2. The lowest BCUT2D eigenvalue weighted by Crippen LogP contribution is -2.61. The lowest BCUT2D eigenvalue weighted by Gasteiger charge is -2.52. The van der Waals surface area contributed by atoms with Crippen molar-refractivity contribution in [2.24, 2.45) is 17.1 Å². The maximum atomic E-state index is 6.22. The zero-order valence-corrected chi connectivity index (χ0v) is 14.1. The summed E-state index contributed by atoms with van der Waals surface area (Å²) in [5.74, 6) is 0.774. The summed E-state index contributed by atoms with van der Waals surface area (Å²) in [6.07, 6.45) is 5.17. The molecule has 2 fully saturated rings. The second-order valence-corrected chi connectivity index (χ2v) is 8.27. The maximum Gasteiger partial charge on any atom is 0.0356 e. The molecule has 0 aliphatic carbocycles. The third kappa shape index (κ3) is 3.75. The van der Waals surface area contributed by atoms with Gasteiger partial charge in [0.25, 0.3) is 0 Å². The van der Waals surface area contributed by atoms with Crippen molar-refractivity contribution in [2.45, 2.75) is 58.9 Å². The van der Waals surface area contributed by atoms with Crippen LogP contribution >= 0.6 is 0 Å². The zero-order valence-electron chi connectivity index (χ0n) is 14.1. The van der Waals surface area contributed by atoms with Gasteiger partial charge in [0, 0.05) is 18.6 Å². The molecule has 0 aromatic heterocycles. The normalized spacial score (nSPS) is 27.9. The molecule has 2 rings (SSSR count). The summed E-state index contributed by atoms with van der Waals surface area (Å²) < 4.78 is 0. The molecule has 0 bridgehead atoms. The fourth-order valence-corrected chi connectivity index (χ4v) is 3.90. The minimum atomic E-state index is 0.296. The number of hydrogen-bond donors (Lipinski definition) is 1. The van der Waals surface area contributed by atoms with Gasteiger partial charge in [-0.15, -0.1) is 0 Å². The standard InChI is InChI=1S/C17H35N3/c1-15(2)13-19-9-7-17(14-18,8-10-19)20-11-5-16(3,4)6-12-20/h15H,5-14,18H2,1-4H3. The number of nitrogens with two attached hydrogens (primary N) is 1. The van der Waals surface area contributed by atoms with Crippen LogP contribution in [0, 0.1) is 11.3 Å². The van der Waals surface area contributed by atoms with E-state index < -0.39 is 0 Å². The van der Waals surface area contributed by atoms with Gasteiger partial charge in [-0.05, 0) is 63.2 Å². The molecule has 0 unspecified atom stereocenters. The fraction of sp³-hybridized carbons (Fsp3) is 1.00. The maximum absolute atomic E-state index is 6.22. The SMILES string of the molecule is CC(C)CN1CCC(CN)(N2CCC(C)(C)CC2)CC1. The van der Waals surface area contributed by atoms with Gasteiger partial charge in [-0.2, -0.15) is 0 Å². The van der Waals surface area contributed by atoms with Crippen LogP contribution in [-0.4, -0.2) is 54.6 Å². The molecule has 0 saturated carbocycles. The van der Waals surface area contributed by atoms with Crippen LogP contribution < -0.4 is 5.73 Å². The van der Waals surface area contributed by atoms with Crippen LogP contribution in [0.1, 0.15) is 53.4 Å². The van der Waals surface area contributed by atoms with Crippen LogP contribution in [0.5, 0.6) is 0 Å². The van der Waals surface area contributed by atoms with E-state index in [0.29, 0.717) is 11.0 Å². The first-order valence-corrected chi connectivity index (χ1v) is 8.54. The highest BCUT2D eigenvalue weighted by Gasteiger charge is 2.41. The first-order valence-electron chi connectivity index (χ1n) is 8.54. The number of rotatable bonds is 4. The topological polar surface area (TPSA) is 32.5 Å². The Morgan fingerprint density at radius 1 is 0.950 bits per heavy atom. The van der Waals surface area contributed by atoms with Crippen LogP contribution in [-0.2, 0) is 0 Å². The van der Waals surface area contributed by atoms with E-state index in [-0.39, 0.29) is 0 Å². The largest absolute Gasteiger partial charge is 0.329 e. The minimum Gasteiger partial charge on any atom is -0.329 e. The van der Waals surface area contributed by atoms with E-state index >= 15 is 0 Å². The first-order chi connectivity index (χ1) is 9.37. The quantitative estimate of drug-likeness (QED) is 0.859. The molecule has 2 N–H and O–H groups in total. The summed E-state index contributed by atoms with van der Waals surface area (Å²) in [5, 5.41) is 0. The Balaban J connectivity index is 1.92. The number of piperidine rings is 2. The first kappa shape index (κ1) is 16.3. The van der Waals surface area contributed by atoms with Gasteiger partial charge in [-0.3, -0.25) is 4.90 Å². The molecular weight excluding hydrogens is 246 g/mol. The third-order valence-electron chi connectivity index (χ3n) is 5.58. The van der Waals surface area contributed by atoms with E-state index in [9.17, 15) is 0 Å². The highest BCUT2D eigenvalue weighted by molar-refractivity contribution is 4.98. The van der Waals surface area contributed by atoms with Crippen LogP contribution in [0.2, 0.25) is 0 Å². The summed E-state index contributed by atoms with van der Waals surface area (Å²) in [7, 11) is 0. The average Bonchev–Trinajstić information content (AvgIpc) is 2.39. The van der Waals surface area contributed by atoms with E-state index in [4.69, 9.17) is 5.73 Å². The van der Waals surface area contributed by atoms with Crippen molar-refractivity contribution in [3.05, 3.63) is 0 Å². The molecule has 0 amide bonds. The fourth-order valence-electron chi connectivity index (χ4n) is 3.90. The van der Waals surface area contributed by atoms with Crippen LogP contribution in [0.3, 0.4) is 0 Å². The molecule has 0 aromatic rings. The van der Waals surface area contributed by atoms with Gasteiger partial charge >= 0.3 is 0 Å². The van der Waals surface area contributed by atoms with Gasteiger partial charge < -0.3 is 10.6 Å². The molecule has 118 valence electrons. The van der Waals surface area contributed by atoms with Gasteiger partial charge in [0.15, 0.2) is 0 Å². The second kappa shape index (κ2) is 6.33. The van der Waals surface area contributed by atoms with E-state index in [1.54, 1.807) is 0 Å². The number of nitrogens with zero attached hydrogens (tertiary/aromatic N) is 2. The van der Waals surface area contributed by atoms with Crippen molar-refractivity contribution in [2.75, 3.05) is 39.3 Å². The Morgan fingerprint density at radius 2 is 1.50 bits per heavy atom. The Morgan fingerprint density at radius 3 is 1.95 bits per heavy atom. The number of hydrogen-bond acceptors (Lipinski definition) is 3. The van der Waals surface area contributed by atoms with Gasteiger partial charge in [-0.25, -0.2) is 0 Å². The summed E-state index contributed by atoms with van der Waals surface area (Å²) >= 11 is 0. The van der Waals surface area contributed by atoms with Crippen molar-refractivity contribution in [3.63, 3.8) is 0 Å². The Bertz CT molecular complexity index is 293. The molecular formula is C17H35N3. The van der Waals surface area contributed by atoms with Crippen molar-refractivity contribution < 1.29 is 0 Å². The van der Waals surface area contributed by atoms with Gasteiger partial charge in [0.1, 0.15) is 0 Å². The molecule has 0 aromatic carbocycles. The molecule has 0 atom stereocenters. The zero-order chi connectivity index (χ0) is 14.8. The predicted octanol–water partition coefficient (Wildman–Crippen LogP) is 2.56. The van der Waals surface area contributed by atoms with Crippen LogP contribution in [0.25, 0.3) is 0 Å². The molecule has 2 aliphatic rings. The third-order valence-corrected chi connectivity index (χ3v) is 5.58. The lowest BCUT2D eigenvalue weighted by molar-refractivity contribution is -0.0106. The van der Waals surface area contributed by atoms with Crippen molar-refractivity contribution in [1.29, 1.82) is 0 Å². The summed E-state index contributed by atoms with van der Waals surface area (Å²) in [5.41, 5.74) is 7.05. The molecule has 2 heterocycles. The van der Waals surface area contributed by atoms with Crippen LogP contribution in [0.15, 0.2) is 0 Å². The minimum absolute atomic E-state index is 0.296. The van der Waals surface area contributed by atoms with Crippen LogP contribution in [0.4, 0.5) is 0 Å². The monoisotopic (exact) mass is 281 g/mol. The molecule has 20 heavy (non-hydrogen) atoms. The Hall–Kier alpha value is -0.120. The Kier molecular flexibility index (Phi) is 5.14. The summed E-state index contributed by atoms with van der Waals surface area (Å²) in [4.78, 5) is 5.36. The molecule has 2 saturated heterocycles. The van der Waals surface area contributed by atoms with E-state index in [1.807, 2.05) is 0 Å². The lowest BCUT2D eigenvalue weighted by atomic mass is 9.78. The van der Waals surface area contributed by atoms with Crippen molar-refractivity contribution in [3.8, 4) is 0 Å². The van der Waals surface area contributed by atoms with Gasteiger partial charge in [0.05, 0.1) is 0 Å². The summed E-state index contributed by atoms with van der Waals surface area (Å²) in [6, 6.07) is 0. The van der Waals surface area contributed by atoms with Gasteiger partial charge in [0.2, 0.25) is 0 Å². The smallest absolute Gasteiger partial charge is 0.0356 e. The molecule has 3 nitrogen and oxygen atoms in total. The van der Waals surface area contributed by atoms with Gasteiger partial charge in [-0.1, -0.05) is 27.7 Å². The van der Waals surface area contributed by atoms with Crippen molar-refractivity contribution in [1.82, 2.24) is 9.80 Å². The van der Waals surface area contributed by atoms with Crippen molar-refractivity contribution >= 4 is 0 Å². The average molecular weight is 281 g/mol. The van der Waals surface area contributed by atoms with E-state index in [1.165, 1.54) is 58.4 Å².